The van der Waals surface area contributed by atoms with Crippen molar-refractivity contribution in [1.82, 2.24) is 10.2 Å². The number of halogens is 1. The molecule has 162 valence electrons. The molecule has 7 heteroatoms. The second-order valence-corrected chi connectivity index (χ2v) is 9.83. The van der Waals surface area contributed by atoms with Crippen molar-refractivity contribution in [3.05, 3.63) is 35.6 Å². The van der Waals surface area contributed by atoms with Gasteiger partial charge in [0.05, 0.1) is 11.8 Å². The van der Waals surface area contributed by atoms with Gasteiger partial charge in [-0.15, -0.1) is 0 Å². The maximum absolute atomic E-state index is 13.3. The van der Waals surface area contributed by atoms with Gasteiger partial charge in [0.1, 0.15) is 11.9 Å². The minimum atomic E-state index is -0.743. The number of carbonyl (C=O) groups excluding carboxylic acids is 3. The Morgan fingerprint density at radius 2 is 1.77 bits per heavy atom. The maximum Gasteiger partial charge on any atom is 0.243 e. The van der Waals surface area contributed by atoms with Gasteiger partial charge in [-0.2, -0.15) is 11.8 Å². The number of imide groups is 1. The van der Waals surface area contributed by atoms with Crippen LogP contribution in [0, 0.1) is 17.7 Å². The number of hydrogen-bond acceptors (Lipinski definition) is 4. The average molecular weight is 433 g/mol. The van der Waals surface area contributed by atoms with Crippen LogP contribution in [0.25, 0.3) is 0 Å². The van der Waals surface area contributed by atoms with Gasteiger partial charge in [-0.3, -0.25) is 19.3 Å². The topological polar surface area (TPSA) is 66.5 Å². The third-order valence-electron chi connectivity index (χ3n) is 7.00. The zero-order valence-corrected chi connectivity index (χ0v) is 18.2. The first-order chi connectivity index (χ1) is 14.5. The third kappa shape index (κ3) is 4.01. The number of rotatable bonds is 8. The quantitative estimate of drug-likeness (QED) is 0.641. The molecule has 1 N–H and O–H groups in total. The van der Waals surface area contributed by atoms with Gasteiger partial charge in [0.15, 0.2) is 0 Å². The van der Waals surface area contributed by atoms with Crippen LogP contribution >= 0.6 is 11.8 Å². The predicted molar refractivity (Wildman–Crippen MR) is 114 cm³/mol. The SMILES string of the molecule is CSCCC(C(=O)NCC1(c2ccc(F)cc2)CC1)N1C(=O)C2CCCCC2C1=O. The van der Waals surface area contributed by atoms with Gasteiger partial charge in [0.2, 0.25) is 17.7 Å². The first kappa shape index (κ1) is 21.3. The number of nitrogens with one attached hydrogen (secondary N) is 1. The number of nitrogens with zero attached hydrogens (tertiary/aromatic N) is 1. The van der Waals surface area contributed by atoms with Crippen molar-refractivity contribution in [2.45, 2.75) is 56.4 Å². The third-order valence-corrected chi connectivity index (χ3v) is 7.64. The number of fused-ring (bicyclic) bond motifs is 1. The molecular formula is C23H29FN2O3S. The highest BCUT2D eigenvalue weighted by atomic mass is 32.2. The van der Waals surface area contributed by atoms with Crippen LogP contribution in [0.3, 0.4) is 0 Å². The fraction of sp³-hybridized carbons (Fsp3) is 0.609. The first-order valence-electron chi connectivity index (χ1n) is 10.9. The lowest BCUT2D eigenvalue weighted by Gasteiger charge is -2.27. The van der Waals surface area contributed by atoms with E-state index in [4.69, 9.17) is 0 Å². The van der Waals surface area contributed by atoms with Gasteiger partial charge in [-0.05, 0) is 61.8 Å². The van der Waals surface area contributed by atoms with Gasteiger partial charge in [-0.1, -0.05) is 25.0 Å². The Morgan fingerprint density at radius 3 is 2.30 bits per heavy atom. The van der Waals surface area contributed by atoms with E-state index in [9.17, 15) is 18.8 Å². The minimum absolute atomic E-state index is 0.161. The number of amides is 3. The van der Waals surface area contributed by atoms with Crippen molar-refractivity contribution >= 4 is 29.5 Å². The van der Waals surface area contributed by atoms with Crippen LogP contribution in [0.15, 0.2) is 24.3 Å². The number of likely N-dealkylation sites (tertiary alicyclic amines) is 1. The molecule has 2 saturated carbocycles. The standard InChI is InChI=1S/C23H29FN2O3S/c1-30-13-10-19(26-21(28)17-4-2-3-5-18(17)22(26)29)20(27)25-14-23(11-12-23)15-6-8-16(24)9-7-15/h6-9,17-19H,2-5,10-14H2,1H3,(H,25,27). The number of hydrogen-bond donors (Lipinski definition) is 1. The molecule has 1 saturated heterocycles. The van der Waals surface area contributed by atoms with Crippen LogP contribution in [0.5, 0.6) is 0 Å². The number of carbonyl (C=O) groups is 3. The zero-order chi connectivity index (χ0) is 21.3. The zero-order valence-electron chi connectivity index (χ0n) is 17.4. The van der Waals surface area contributed by atoms with Crippen molar-refractivity contribution < 1.29 is 18.8 Å². The Balaban J connectivity index is 1.47. The van der Waals surface area contributed by atoms with Crippen LogP contribution in [-0.2, 0) is 19.8 Å². The second-order valence-electron chi connectivity index (χ2n) is 8.85. The van der Waals surface area contributed by atoms with E-state index < -0.39 is 6.04 Å². The molecule has 0 radical (unpaired) electrons. The van der Waals surface area contributed by atoms with Crippen molar-refractivity contribution in [2.24, 2.45) is 11.8 Å². The van der Waals surface area contributed by atoms with Crippen LogP contribution in [0.1, 0.15) is 50.5 Å². The maximum atomic E-state index is 13.3. The van der Waals surface area contributed by atoms with Crippen molar-refractivity contribution in [2.75, 3.05) is 18.6 Å². The molecule has 2 aliphatic carbocycles. The highest BCUT2D eigenvalue weighted by molar-refractivity contribution is 7.98. The average Bonchev–Trinajstić information content (AvgIpc) is 3.51. The van der Waals surface area contributed by atoms with Crippen molar-refractivity contribution in [1.29, 1.82) is 0 Å². The number of thioether (sulfide) groups is 1. The Morgan fingerprint density at radius 1 is 1.17 bits per heavy atom. The van der Waals surface area contributed by atoms with E-state index in [-0.39, 0.29) is 40.8 Å². The largest absolute Gasteiger partial charge is 0.353 e. The molecule has 1 heterocycles. The van der Waals surface area contributed by atoms with Gasteiger partial charge in [-0.25, -0.2) is 4.39 Å². The molecule has 4 rings (SSSR count). The van der Waals surface area contributed by atoms with E-state index in [1.54, 1.807) is 23.9 Å². The van der Waals surface area contributed by atoms with E-state index in [1.807, 2.05) is 6.26 Å². The highest BCUT2D eigenvalue weighted by Gasteiger charge is 2.52. The molecule has 5 nitrogen and oxygen atoms in total. The van der Waals surface area contributed by atoms with Gasteiger partial charge >= 0.3 is 0 Å². The summed E-state index contributed by atoms with van der Waals surface area (Å²) in [4.78, 5) is 40.5. The van der Waals surface area contributed by atoms with Crippen LogP contribution in [0.4, 0.5) is 4.39 Å². The second kappa shape index (κ2) is 8.69. The molecule has 0 bridgehead atoms. The first-order valence-corrected chi connectivity index (χ1v) is 12.3. The summed E-state index contributed by atoms with van der Waals surface area (Å²) in [5.41, 5.74) is 0.852. The molecule has 0 aromatic heterocycles. The molecular weight excluding hydrogens is 403 g/mol. The van der Waals surface area contributed by atoms with Crippen molar-refractivity contribution in [3.8, 4) is 0 Å². The highest BCUT2D eigenvalue weighted by Crippen LogP contribution is 2.47. The molecule has 1 aliphatic heterocycles. The predicted octanol–water partition coefficient (Wildman–Crippen LogP) is 3.27. The Bertz CT molecular complexity index is 800. The molecule has 1 aromatic carbocycles. The fourth-order valence-corrected chi connectivity index (χ4v) is 5.46. The molecule has 30 heavy (non-hydrogen) atoms. The van der Waals surface area contributed by atoms with Gasteiger partial charge < -0.3 is 5.32 Å². The monoisotopic (exact) mass is 432 g/mol. The molecule has 3 unspecified atom stereocenters. The summed E-state index contributed by atoms with van der Waals surface area (Å²) in [7, 11) is 0. The molecule has 3 aliphatic rings. The Hall–Kier alpha value is -1.89. The van der Waals surface area contributed by atoms with E-state index in [2.05, 4.69) is 5.32 Å². The lowest BCUT2D eigenvalue weighted by Crippen LogP contribution is -2.51. The fourth-order valence-electron chi connectivity index (χ4n) is 5.00. The van der Waals surface area contributed by atoms with E-state index in [0.717, 1.165) is 44.1 Å². The number of benzene rings is 1. The lowest BCUT2D eigenvalue weighted by atomic mass is 9.81. The summed E-state index contributed by atoms with van der Waals surface area (Å²) in [6.07, 6.45) is 7.71. The molecule has 1 aromatic rings. The Labute approximate surface area is 181 Å². The summed E-state index contributed by atoms with van der Waals surface area (Å²) in [5, 5.41) is 3.02. The van der Waals surface area contributed by atoms with Gasteiger partial charge in [0.25, 0.3) is 0 Å². The molecule has 3 amide bonds. The summed E-state index contributed by atoms with van der Waals surface area (Å²) in [6.45, 7) is 0.441. The molecule has 3 fully saturated rings. The van der Waals surface area contributed by atoms with Crippen molar-refractivity contribution in [3.63, 3.8) is 0 Å². The minimum Gasteiger partial charge on any atom is -0.353 e. The summed E-state index contributed by atoms with van der Waals surface area (Å²) in [5.74, 6) is -0.639. The van der Waals surface area contributed by atoms with Crippen LogP contribution in [-0.4, -0.2) is 47.2 Å². The van der Waals surface area contributed by atoms with Gasteiger partial charge in [0, 0.05) is 12.0 Å². The lowest BCUT2D eigenvalue weighted by molar-refractivity contribution is -0.148. The molecule has 3 atom stereocenters. The van der Waals surface area contributed by atoms with Crippen LogP contribution < -0.4 is 5.32 Å². The van der Waals surface area contributed by atoms with E-state index >= 15 is 0 Å². The molecule has 0 spiro atoms. The van der Waals surface area contributed by atoms with E-state index in [1.165, 1.54) is 17.0 Å². The Kier molecular flexibility index (Phi) is 6.19. The normalized spacial score (nSPS) is 25.7. The summed E-state index contributed by atoms with van der Waals surface area (Å²) < 4.78 is 13.3. The smallest absolute Gasteiger partial charge is 0.243 e. The van der Waals surface area contributed by atoms with Crippen LogP contribution in [0.2, 0.25) is 0 Å². The summed E-state index contributed by atoms with van der Waals surface area (Å²) >= 11 is 1.60. The van der Waals surface area contributed by atoms with E-state index in [0.29, 0.717) is 18.7 Å². The summed E-state index contributed by atoms with van der Waals surface area (Å²) in [6, 6.07) is 5.70.